The van der Waals surface area contributed by atoms with Crippen LogP contribution in [-0.4, -0.2) is 38.0 Å². The summed E-state index contributed by atoms with van der Waals surface area (Å²) in [7, 11) is -2.58. The highest BCUT2D eigenvalue weighted by atomic mass is 28.4. The summed E-state index contributed by atoms with van der Waals surface area (Å²) in [6, 6.07) is 21.1. The Labute approximate surface area is 187 Å². The fourth-order valence-corrected chi connectivity index (χ4v) is 8.56. The van der Waals surface area contributed by atoms with Gasteiger partial charge in [-0.25, -0.2) is 4.89 Å². The molecule has 0 aliphatic rings. The molecule has 31 heavy (non-hydrogen) atoms. The summed E-state index contributed by atoms with van der Waals surface area (Å²) in [6.07, 6.45) is 3.49. The van der Waals surface area contributed by atoms with Gasteiger partial charge in [0.1, 0.15) is 6.10 Å². The van der Waals surface area contributed by atoms with Crippen LogP contribution in [-0.2, 0) is 9.31 Å². The average Bonchev–Trinajstić information content (AvgIpc) is 2.75. The molecule has 0 saturated heterocycles. The molecule has 0 spiro atoms. The van der Waals surface area contributed by atoms with E-state index in [0.29, 0.717) is 18.6 Å². The van der Waals surface area contributed by atoms with Gasteiger partial charge in [-0.2, -0.15) is 0 Å². The maximum Gasteiger partial charge on any atom is 0.261 e. The van der Waals surface area contributed by atoms with Crippen molar-refractivity contribution in [2.45, 2.75) is 45.3 Å². The van der Waals surface area contributed by atoms with Crippen LogP contribution in [0.2, 0.25) is 5.04 Å². The SMILES string of the molecule is C=C(CCO)C(/C=C/[C@H](C)CO[Si](c1ccccc1)(c1ccccc1)C(C)(C)C)OO. The fraction of sp³-hybridized carbons (Fsp3) is 0.385. The smallest absolute Gasteiger partial charge is 0.261 e. The largest absolute Gasteiger partial charge is 0.407 e. The lowest BCUT2D eigenvalue weighted by molar-refractivity contribution is -0.257. The molecule has 2 aromatic carbocycles. The van der Waals surface area contributed by atoms with Gasteiger partial charge in [-0.15, -0.1) is 0 Å². The third kappa shape index (κ3) is 6.25. The lowest BCUT2D eigenvalue weighted by Gasteiger charge is -2.43. The van der Waals surface area contributed by atoms with Gasteiger partial charge in [0.15, 0.2) is 0 Å². The molecule has 0 aliphatic carbocycles. The zero-order valence-electron chi connectivity index (χ0n) is 19.1. The van der Waals surface area contributed by atoms with Crippen molar-refractivity contribution in [3.63, 3.8) is 0 Å². The first-order valence-electron chi connectivity index (χ1n) is 10.8. The molecule has 5 heteroatoms. The summed E-state index contributed by atoms with van der Waals surface area (Å²) >= 11 is 0. The van der Waals surface area contributed by atoms with E-state index >= 15 is 0 Å². The Kier molecular flexibility index (Phi) is 9.41. The summed E-state index contributed by atoms with van der Waals surface area (Å²) in [6.45, 7) is 13.2. The Morgan fingerprint density at radius 3 is 1.94 bits per heavy atom. The molecular weight excluding hydrogens is 404 g/mol. The van der Waals surface area contributed by atoms with Crippen LogP contribution in [0.3, 0.4) is 0 Å². The van der Waals surface area contributed by atoms with Crippen molar-refractivity contribution in [1.29, 1.82) is 0 Å². The minimum Gasteiger partial charge on any atom is -0.407 e. The Bertz CT molecular complexity index is 788. The molecule has 0 aromatic heterocycles. The van der Waals surface area contributed by atoms with Gasteiger partial charge in [0.25, 0.3) is 8.32 Å². The summed E-state index contributed by atoms with van der Waals surface area (Å²) in [5.41, 5.74) is 0.626. The van der Waals surface area contributed by atoms with Crippen molar-refractivity contribution in [2.24, 2.45) is 5.92 Å². The number of rotatable bonds is 11. The summed E-state index contributed by atoms with van der Waals surface area (Å²) in [4.78, 5) is 4.52. The summed E-state index contributed by atoms with van der Waals surface area (Å²) < 4.78 is 6.92. The highest BCUT2D eigenvalue weighted by Gasteiger charge is 2.50. The Hall–Kier alpha value is -2.02. The first kappa shape index (κ1) is 25.2. The van der Waals surface area contributed by atoms with E-state index in [1.165, 1.54) is 10.4 Å². The van der Waals surface area contributed by atoms with E-state index in [0.717, 1.165) is 0 Å². The van der Waals surface area contributed by atoms with E-state index in [1.807, 2.05) is 18.2 Å². The Balaban J connectivity index is 2.33. The molecule has 4 nitrogen and oxygen atoms in total. The monoisotopic (exact) mass is 440 g/mol. The van der Waals surface area contributed by atoms with E-state index in [9.17, 15) is 5.26 Å². The first-order chi connectivity index (χ1) is 14.8. The first-order valence-corrected chi connectivity index (χ1v) is 12.7. The zero-order valence-corrected chi connectivity index (χ0v) is 20.1. The Morgan fingerprint density at radius 2 is 1.52 bits per heavy atom. The van der Waals surface area contributed by atoms with Crippen LogP contribution in [0.5, 0.6) is 0 Å². The lowest BCUT2D eigenvalue weighted by atomic mass is 10.1. The van der Waals surface area contributed by atoms with Gasteiger partial charge in [-0.1, -0.05) is 107 Å². The maximum absolute atomic E-state index is 9.18. The molecule has 0 radical (unpaired) electrons. The second-order valence-electron chi connectivity index (χ2n) is 8.99. The molecule has 2 atom stereocenters. The molecule has 0 bridgehead atoms. The average molecular weight is 441 g/mol. The van der Waals surface area contributed by atoms with Crippen molar-refractivity contribution in [1.82, 2.24) is 0 Å². The predicted octanol–water partition coefficient (Wildman–Crippen LogP) is 4.55. The molecule has 0 amide bonds. The summed E-state index contributed by atoms with van der Waals surface area (Å²) in [5.74, 6) is 0.0984. The van der Waals surface area contributed by atoms with Gasteiger partial charge >= 0.3 is 0 Å². The molecule has 2 N–H and O–H groups in total. The molecule has 0 heterocycles. The van der Waals surface area contributed by atoms with E-state index in [2.05, 4.69) is 87.7 Å². The quantitative estimate of drug-likeness (QED) is 0.233. The van der Waals surface area contributed by atoms with Crippen LogP contribution in [0.4, 0.5) is 0 Å². The van der Waals surface area contributed by atoms with Crippen LogP contribution in [0.1, 0.15) is 34.1 Å². The topological polar surface area (TPSA) is 58.9 Å². The van der Waals surface area contributed by atoms with Gasteiger partial charge in [-0.3, -0.25) is 5.26 Å². The second kappa shape index (κ2) is 11.6. The third-order valence-corrected chi connectivity index (χ3v) is 10.5. The second-order valence-corrected chi connectivity index (χ2v) is 13.3. The van der Waals surface area contributed by atoms with Crippen molar-refractivity contribution >= 4 is 18.7 Å². The van der Waals surface area contributed by atoms with Crippen LogP contribution in [0.15, 0.2) is 85.0 Å². The van der Waals surface area contributed by atoms with Crippen LogP contribution < -0.4 is 10.4 Å². The van der Waals surface area contributed by atoms with Crippen molar-refractivity contribution in [3.8, 4) is 0 Å². The van der Waals surface area contributed by atoms with E-state index in [-0.39, 0.29) is 17.6 Å². The summed E-state index contributed by atoms with van der Waals surface area (Å²) in [5, 5.41) is 20.7. The van der Waals surface area contributed by atoms with Crippen LogP contribution in [0.25, 0.3) is 0 Å². The lowest BCUT2D eigenvalue weighted by Crippen LogP contribution is -2.66. The van der Waals surface area contributed by atoms with Gasteiger partial charge in [0, 0.05) is 13.2 Å². The molecule has 2 aromatic rings. The van der Waals surface area contributed by atoms with Crippen molar-refractivity contribution in [2.75, 3.05) is 13.2 Å². The van der Waals surface area contributed by atoms with Crippen LogP contribution >= 0.6 is 0 Å². The fourth-order valence-electron chi connectivity index (χ4n) is 3.90. The predicted molar refractivity (Wildman–Crippen MR) is 130 cm³/mol. The van der Waals surface area contributed by atoms with Gasteiger partial charge in [0.05, 0.1) is 0 Å². The highest BCUT2D eigenvalue weighted by molar-refractivity contribution is 6.99. The number of aliphatic hydroxyl groups is 1. The standard InChI is InChI=1S/C26H36O4Si/c1-21(16-17-25(30-28)22(2)18-19-27)20-29-31(26(3,4)5,23-12-8-6-9-13-23)24-14-10-7-11-15-24/h6-17,21,25,27-28H,2,18-20H2,1,3-5H3/b17-16+/t21-,25?/m0/s1. The number of hydrogen-bond acceptors (Lipinski definition) is 4. The number of aliphatic hydroxyl groups excluding tert-OH is 1. The van der Waals surface area contributed by atoms with Crippen molar-refractivity contribution in [3.05, 3.63) is 85.0 Å². The minimum absolute atomic E-state index is 0.0287. The minimum atomic E-state index is -2.58. The molecule has 2 rings (SSSR count). The van der Waals surface area contributed by atoms with E-state index in [1.54, 1.807) is 6.08 Å². The normalized spacial score (nSPS) is 14.5. The van der Waals surface area contributed by atoms with Gasteiger partial charge in [0.2, 0.25) is 0 Å². The molecular formula is C26H36O4Si. The van der Waals surface area contributed by atoms with Gasteiger partial charge < -0.3 is 9.53 Å². The third-order valence-electron chi connectivity index (χ3n) is 5.54. The zero-order chi connectivity index (χ0) is 22.9. The Morgan fingerprint density at radius 1 is 1.00 bits per heavy atom. The molecule has 168 valence electrons. The van der Waals surface area contributed by atoms with Crippen molar-refractivity contribution < 1.29 is 19.7 Å². The van der Waals surface area contributed by atoms with E-state index < -0.39 is 14.4 Å². The highest BCUT2D eigenvalue weighted by Crippen LogP contribution is 2.37. The number of benzene rings is 2. The maximum atomic E-state index is 9.18. The van der Waals surface area contributed by atoms with Gasteiger partial charge in [-0.05, 0) is 33.3 Å². The molecule has 0 aliphatic heterocycles. The molecule has 0 fully saturated rings. The van der Waals surface area contributed by atoms with E-state index in [4.69, 9.17) is 9.53 Å². The number of hydrogen-bond donors (Lipinski definition) is 2. The molecule has 1 unspecified atom stereocenters. The molecule has 0 saturated carbocycles. The van der Waals surface area contributed by atoms with Crippen LogP contribution in [0, 0.1) is 5.92 Å².